The molecular weight excluding hydrogens is 242 g/mol. The van der Waals surface area contributed by atoms with E-state index in [1.54, 1.807) is 0 Å². The number of hydrogen-bond donors (Lipinski definition) is 6. The van der Waals surface area contributed by atoms with Crippen LogP contribution in [0.2, 0.25) is 0 Å². The maximum Gasteiger partial charge on any atom is 0.470 e. The summed E-state index contributed by atoms with van der Waals surface area (Å²) in [5.41, 5.74) is 0. The standard InChI is InChI=1S/C3H10O9P2/c4-1-2(5)3(13(6,7)8)12-14(9,10)11/h2-5H,1H2,(H2,6,7,8)(H2,9,10,11). The van der Waals surface area contributed by atoms with E-state index in [2.05, 4.69) is 4.52 Å². The molecule has 0 aliphatic heterocycles. The lowest BCUT2D eigenvalue weighted by molar-refractivity contribution is 0.0116. The van der Waals surface area contributed by atoms with Crippen LogP contribution < -0.4 is 0 Å². The van der Waals surface area contributed by atoms with Gasteiger partial charge >= 0.3 is 15.4 Å². The van der Waals surface area contributed by atoms with Gasteiger partial charge < -0.3 is 29.8 Å². The van der Waals surface area contributed by atoms with Crippen LogP contribution >= 0.6 is 15.4 Å². The molecule has 0 saturated heterocycles. The Morgan fingerprint density at radius 1 is 1.14 bits per heavy atom. The van der Waals surface area contributed by atoms with Crippen molar-refractivity contribution in [2.45, 2.75) is 11.9 Å². The third-order valence-electron chi connectivity index (χ3n) is 1.09. The molecule has 0 heterocycles. The maximum atomic E-state index is 10.6. The molecule has 2 unspecified atom stereocenters. The monoisotopic (exact) mass is 252 g/mol. The Kier molecular flexibility index (Phi) is 4.86. The van der Waals surface area contributed by atoms with E-state index in [1.165, 1.54) is 0 Å². The average molecular weight is 252 g/mol. The van der Waals surface area contributed by atoms with Gasteiger partial charge in [0.15, 0.2) is 5.85 Å². The van der Waals surface area contributed by atoms with Crippen molar-refractivity contribution in [1.29, 1.82) is 0 Å². The fourth-order valence-electron chi connectivity index (χ4n) is 0.587. The number of aliphatic hydroxyl groups excluding tert-OH is 2. The average Bonchev–Trinajstić information content (AvgIpc) is 1.95. The highest BCUT2D eigenvalue weighted by Crippen LogP contribution is 2.51. The summed E-state index contributed by atoms with van der Waals surface area (Å²) in [6.07, 6.45) is -2.08. The van der Waals surface area contributed by atoms with E-state index in [0.717, 1.165) is 0 Å². The van der Waals surface area contributed by atoms with Crippen LogP contribution in [0.5, 0.6) is 0 Å². The number of phosphoric acid groups is 1. The van der Waals surface area contributed by atoms with Crippen LogP contribution in [0.3, 0.4) is 0 Å². The Morgan fingerprint density at radius 3 is 1.79 bits per heavy atom. The van der Waals surface area contributed by atoms with Gasteiger partial charge in [-0.2, -0.15) is 0 Å². The molecule has 0 saturated carbocycles. The number of rotatable bonds is 5. The van der Waals surface area contributed by atoms with E-state index in [-0.39, 0.29) is 0 Å². The molecule has 0 bridgehead atoms. The fraction of sp³-hybridized carbons (Fsp3) is 1.00. The van der Waals surface area contributed by atoms with Crippen molar-refractivity contribution < 1.29 is 43.4 Å². The smallest absolute Gasteiger partial charge is 0.394 e. The highest BCUT2D eigenvalue weighted by atomic mass is 31.2. The van der Waals surface area contributed by atoms with Crippen molar-refractivity contribution in [2.75, 3.05) is 6.61 Å². The predicted octanol–water partition coefficient (Wildman–Crippen LogP) is -2.05. The van der Waals surface area contributed by atoms with Gasteiger partial charge in [0.25, 0.3) is 0 Å². The Morgan fingerprint density at radius 2 is 1.57 bits per heavy atom. The molecule has 0 rings (SSSR count). The predicted molar refractivity (Wildman–Crippen MR) is 42.1 cm³/mol. The minimum Gasteiger partial charge on any atom is -0.394 e. The molecule has 0 radical (unpaired) electrons. The number of aliphatic hydroxyl groups is 2. The van der Waals surface area contributed by atoms with Gasteiger partial charge in [-0.15, -0.1) is 0 Å². The fourth-order valence-corrected chi connectivity index (χ4v) is 2.41. The molecule has 0 aromatic heterocycles. The van der Waals surface area contributed by atoms with Gasteiger partial charge in [-0.3, -0.25) is 9.09 Å². The topological polar surface area (TPSA) is 165 Å². The van der Waals surface area contributed by atoms with Crippen LogP contribution in [0.25, 0.3) is 0 Å². The Labute approximate surface area is 78.4 Å². The van der Waals surface area contributed by atoms with Gasteiger partial charge in [0, 0.05) is 0 Å². The first kappa shape index (κ1) is 14.2. The van der Waals surface area contributed by atoms with Gasteiger partial charge in [-0.05, 0) is 0 Å². The molecule has 2 atom stereocenters. The first-order chi connectivity index (χ1) is 6.08. The lowest BCUT2D eigenvalue weighted by atomic mass is 10.4. The zero-order valence-electron chi connectivity index (χ0n) is 6.66. The summed E-state index contributed by atoms with van der Waals surface area (Å²) in [5, 5.41) is 17.1. The number of phosphoric ester groups is 1. The lowest BCUT2D eigenvalue weighted by Gasteiger charge is -2.22. The minimum absolute atomic E-state index is 1.10. The molecule has 0 aliphatic carbocycles. The van der Waals surface area contributed by atoms with Gasteiger partial charge in [0.2, 0.25) is 0 Å². The largest absolute Gasteiger partial charge is 0.470 e. The van der Waals surface area contributed by atoms with Crippen LogP contribution in [0.15, 0.2) is 0 Å². The van der Waals surface area contributed by atoms with Crippen molar-refractivity contribution in [1.82, 2.24) is 0 Å². The Bertz CT molecular complexity index is 263. The van der Waals surface area contributed by atoms with Gasteiger partial charge in [-0.1, -0.05) is 0 Å². The number of hydrogen-bond acceptors (Lipinski definition) is 5. The van der Waals surface area contributed by atoms with E-state index in [9.17, 15) is 9.13 Å². The van der Waals surface area contributed by atoms with Crippen LogP contribution in [0.4, 0.5) is 0 Å². The first-order valence-electron chi connectivity index (χ1n) is 3.16. The van der Waals surface area contributed by atoms with Crippen LogP contribution in [-0.2, 0) is 13.7 Å². The normalized spacial score (nSPS) is 17.9. The van der Waals surface area contributed by atoms with Crippen LogP contribution in [0.1, 0.15) is 0 Å². The zero-order valence-corrected chi connectivity index (χ0v) is 8.45. The SMILES string of the molecule is O=P(O)(O)OC(C(O)CO)P(=O)(O)O. The lowest BCUT2D eigenvalue weighted by Crippen LogP contribution is -2.31. The molecule has 86 valence electrons. The van der Waals surface area contributed by atoms with E-state index >= 15 is 0 Å². The summed E-state index contributed by atoms with van der Waals surface area (Å²) in [4.78, 5) is 33.5. The Hall–Kier alpha value is 0.180. The molecule has 6 N–H and O–H groups in total. The molecule has 0 spiro atoms. The first-order valence-corrected chi connectivity index (χ1v) is 6.37. The maximum absolute atomic E-state index is 10.6. The molecule has 14 heavy (non-hydrogen) atoms. The van der Waals surface area contributed by atoms with E-state index in [4.69, 9.17) is 29.8 Å². The summed E-state index contributed by atoms with van der Waals surface area (Å²) >= 11 is 0. The Balaban J connectivity index is 4.76. The quantitative estimate of drug-likeness (QED) is 0.302. The van der Waals surface area contributed by atoms with Gasteiger partial charge in [0.1, 0.15) is 6.10 Å². The summed E-state index contributed by atoms with van der Waals surface area (Å²) in [7, 11) is -10.2. The van der Waals surface area contributed by atoms with Gasteiger partial charge in [-0.25, -0.2) is 4.57 Å². The second-order valence-corrected chi connectivity index (χ2v) is 5.20. The molecule has 11 heteroatoms. The molecular formula is C3H10O9P2. The van der Waals surface area contributed by atoms with Gasteiger partial charge in [0.05, 0.1) is 6.61 Å². The second kappa shape index (κ2) is 4.80. The van der Waals surface area contributed by atoms with Crippen molar-refractivity contribution in [3.05, 3.63) is 0 Å². The molecule has 0 fully saturated rings. The molecule has 0 aromatic rings. The molecule has 0 amide bonds. The minimum atomic E-state index is -5.15. The van der Waals surface area contributed by atoms with E-state index in [1.807, 2.05) is 0 Å². The zero-order chi connectivity index (χ0) is 11.6. The molecule has 0 aromatic carbocycles. The third kappa shape index (κ3) is 5.16. The van der Waals surface area contributed by atoms with Crippen LogP contribution in [0, 0.1) is 0 Å². The van der Waals surface area contributed by atoms with Crippen LogP contribution in [-0.4, -0.2) is 48.3 Å². The summed E-state index contributed by atoms with van der Waals surface area (Å²) < 4.78 is 24.5. The van der Waals surface area contributed by atoms with E-state index in [0.29, 0.717) is 0 Å². The van der Waals surface area contributed by atoms with Crippen molar-refractivity contribution in [2.24, 2.45) is 0 Å². The van der Waals surface area contributed by atoms with E-state index < -0.39 is 34.0 Å². The second-order valence-electron chi connectivity index (χ2n) is 2.33. The molecule has 9 nitrogen and oxygen atoms in total. The van der Waals surface area contributed by atoms with Crippen molar-refractivity contribution in [3.63, 3.8) is 0 Å². The molecule has 0 aliphatic rings. The summed E-state index contributed by atoms with van der Waals surface area (Å²) in [5.74, 6) is -2.45. The summed E-state index contributed by atoms with van der Waals surface area (Å²) in [6, 6.07) is 0. The highest BCUT2D eigenvalue weighted by Gasteiger charge is 2.41. The highest BCUT2D eigenvalue weighted by molar-refractivity contribution is 7.53. The van der Waals surface area contributed by atoms with Crippen molar-refractivity contribution >= 4 is 15.4 Å². The third-order valence-corrected chi connectivity index (χ3v) is 2.87. The summed E-state index contributed by atoms with van der Waals surface area (Å²) in [6.45, 7) is -1.10. The van der Waals surface area contributed by atoms with Crippen molar-refractivity contribution in [3.8, 4) is 0 Å².